The third kappa shape index (κ3) is 3.79. The van der Waals surface area contributed by atoms with Crippen LogP contribution in [-0.2, 0) is 4.74 Å². The van der Waals surface area contributed by atoms with Gasteiger partial charge in [-0.2, -0.15) is 0 Å². The van der Waals surface area contributed by atoms with Crippen molar-refractivity contribution < 1.29 is 19.1 Å². The first-order valence-corrected chi connectivity index (χ1v) is 8.52. The molecule has 26 heavy (non-hydrogen) atoms. The Balaban J connectivity index is 1.68. The summed E-state index contributed by atoms with van der Waals surface area (Å²) in [5, 5.41) is 2.90. The molecule has 1 N–H and O–H groups in total. The monoisotopic (exact) mass is 354 g/mol. The fraction of sp³-hybridized carbons (Fsp3) is 0.300. The Labute approximate surface area is 152 Å². The lowest BCUT2D eigenvalue weighted by Gasteiger charge is -2.25. The maximum atomic E-state index is 12.7. The Morgan fingerprint density at radius 2 is 1.73 bits per heavy atom. The summed E-state index contributed by atoms with van der Waals surface area (Å²) in [6, 6.07) is 14.4. The second-order valence-corrected chi connectivity index (χ2v) is 6.12. The number of carbonyl (C=O) groups excluding carboxylic acids is 2. The van der Waals surface area contributed by atoms with Gasteiger partial charge in [-0.3, -0.25) is 0 Å². The average Bonchev–Trinajstić information content (AvgIpc) is 3.18. The largest absolute Gasteiger partial charge is 0.497 e. The van der Waals surface area contributed by atoms with E-state index >= 15 is 0 Å². The number of anilines is 1. The smallest absolute Gasteiger partial charge is 0.337 e. The van der Waals surface area contributed by atoms with Gasteiger partial charge in [-0.1, -0.05) is 12.1 Å². The second kappa shape index (κ2) is 7.91. The van der Waals surface area contributed by atoms with Crippen molar-refractivity contribution in [1.29, 1.82) is 0 Å². The predicted octanol–water partition coefficient (Wildman–Crippen LogP) is 3.85. The summed E-state index contributed by atoms with van der Waals surface area (Å²) in [5.41, 5.74) is 2.19. The van der Waals surface area contributed by atoms with Gasteiger partial charge in [0.2, 0.25) is 0 Å². The Morgan fingerprint density at radius 3 is 2.35 bits per heavy atom. The van der Waals surface area contributed by atoms with Crippen molar-refractivity contribution in [3.8, 4) is 5.75 Å². The number of esters is 1. The van der Waals surface area contributed by atoms with Crippen LogP contribution >= 0.6 is 0 Å². The third-order valence-corrected chi connectivity index (χ3v) is 4.57. The van der Waals surface area contributed by atoms with E-state index in [1.807, 2.05) is 29.2 Å². The quantitative estimate of drug-likeness (QED) is 0.847. The summed E-state index contributed by atoms with van der Waals surface area (Å²) in [6.07, 6.45) is 1.90. The van der Waals surface area contributed by atoms with Gasteiger partial charge in [0, 0.05) is 12.2 Å². The molecule has 0 saturated carbocycles. The van der Waals surface area contributed by atoms with E-state index < -0.39 is 5.97 Å². The van der Waals surface area contributed by atoms with Crippen molar-refractivity contribution in [2.24, 2.45) is 0 Å². The Hall–Kier alpha value is -3.02. The van der Waals surface area contributed by atoms with Crippen molar-refractivity contribution in [1.82, 2.24) is 4.90 Å². The minimum Gasteiger partial charge on any atom is -0.497 e. The van der Waals surface area contributed by atoms with Gasteiger partial charge >= 0.3 is 12.0 Å². The molecule has 6 nitrogen and oxygen atoms in total. The van der Waals surface area contributed by atoms with E-state index in [1.165, 1.54) is 7.11 Å². The highest BCUT2D eigenvalue weighted by molar-refractivity contribution is 5.92. The molecule has 2 aromatic carbocycles. The average molecular weight is 354 g/mol. The summed E-state index contributed by atoms with van der Waals surface area (Å²) >= 11 is 0. The molecule has 1 fully saturated rings. The van der Waals surface area contributed by atoms with Crippen LogP contribution in [0.15, 0.2) is 48.5 Å². The molecule has 1 aliphatic heterocycles. The molecule has 0 aliphatic carbocycles. The molecule has 0 aromatic heterocycles. The zero-order valence-electron chi connectivity index (χ0n) is 14.9. The van der Waals surface area contributed by atoms with Gasteiger partial charge in [-0.25, -0.2) is 9.59 Å². The third-order valence-electron chi connectivity index (χ3n) is 4.57. The molecule has 2 aromatic rings. The highest BCUT2D eigenvalue weighted by atomic mass is 16.5. The van der Waals surface area contributed by atoms with Crippen LogP contribution in [0.25, 0.3) is 0 Å². The van der Waals surface area contributed by atoms with Gasteiger partial charge in [-0.15, -0.1) is 0 Å². The number of carbonyl (C=O) groups is 2. The Bertz CT molecular complexity index is 771. The highest BCUT2D eigenvalue weighted by Crippen LogP contribution is 2.33. The summed E-state index contributed by atoms with van der Waals surface area (Å²) in [6.45, 7) is 0.711. The number of ether oxygens (including phenoxy) is 2. The fourth-order valence-electron chi connectivity index (χ4n) is 3.19. The molecule has 136 valence electrons. The number of likely N-dealkylation sites (tertiary alicyclic amines) is 1. The van der Waals surface area contributed by atoms with E-state index in [-0.39, 0.29) is 12.1 Å². The minimum absolute atomic E-state index is 0.0512. The molecule has 0 spiro atoms. The van der Waals surface area contributed by atoms with Gasteiger partial charge in [0.1, 0.15) is 5.75 Å². The number of benzene rings is 2. The molecule has 1 heterocycles. The Morgan fingerprint density at radius 1 is 1.04 bits per heavy atom. The number of hydrogen-bond acceptors (Lipinski definition) is 4. The molecule has 0 radical (unpaired) electrons. The Kier molecular flexibility index (Phi) is 5.41. The number of methoxy groups -OCH3 is 2. The molecule has 1 atom stereocenters. The first-order valence-electron chi connectivity index (χ1n) is 8.52. The highest BCUT2D eigenvalue weighted by Gasteiger charge is 2.30. The van der Waals surface area contributed by atoms with E-state index in [0.717, 1.165) is 24.2 Å². The molecule has 1 unspecified atom stereocenters. The normalized spacial score (nSPS) is 16.2. The summed E-state index contributed by atoms with van der Waals surface area (Å²) in [5.74, 6) is 0.399. The lowest BCUT2D eigenvalue weighted by atomic mass is 10.0. The minimum atomic E-state index is -0.401. The molecule has 0 bridgehead atoms. The number of hydrogen-bond donors (Lipinski definition) is 1. The molecular formula is C20H22N2O4. The lowest BCUT2D eigenvalue weighted by molar-refractivity contribution is 0.0600. The van der Waals surface area contributed by atoms with E-state index in [1.54, 1.807) is 31.4 Å². The SMILES string of the molecule is COC(=O)c1ccc(NC(=O)N2CCCC2c2ccc(OC)cc2)cc1. The number of nitrogens with one attached hydrogen (secondary N) is 1. The second-order valence-electron chi connectivity index (χ2n) is 6.12. The zero-order chi connectivity index (χ0) is 18.5. The number of nitrogens with zero attached hydrogens (tertiary/aromatic N) is 1. The molecule has 3 rings (SSSR count). The summed E-state index contributed by atoms with van der Waals surface area (Å²) in [7, 11) is 2.97. The van der Waals surface area contributed by atoms with Gasteiger partial charge in [0.25, 0.3) is 0 Å². The molecular weight excluding hydrogens is 332 g/mol. The van der Waals surface area contributed by atoms with Gasteiger partial charge in [0.15, 0.2) is 0 Å². The van der Waals surface area contributed by atoms with E-state index in [9.17, 15) is 9.59 Å². The van der Waals surface area contributed by atoms with E-state index in [2.05, 4.69) is 10.1 Å². The maximum absolute atomic E-state index is 12.7. The zero-order valence-corrected chi connectivity index (χ0v) is 14.9. The predicted molar refractivity (Wildman–Crippen MR) is 98.5 cm³/mol. The van der Waals surface area contributed by atoms with Crippen LogP contribution < -0.4 is 10.1 Å². The van der Waals surface area contributed by atoms with Gasteiger partial charge < -0.3 is 19.7 Å². The van der Waals surface area contributed by atoms with E-state index in [4.69, 9.17) is 4.74 Å². The van der Waals surface area contributed by atoms with Gasteiger partial charge in [-0.05, 0) is 54.8 Å². The number of rotatable bonds is 4. The van der Waals surface area contributed by atoms with Crippen LogP contribution in [0.3, 0.4) is 0 Å². The van der Waals surface area contributed by atoms with Crippen molar-refractivity contribution in [2.75, 3.05) is 26.1 Å². The fourth-order valence-corrected chi connectivity index (χ4v) is 3.19. The van der Waals surface area contributed by atoms with Crippen molar-refractivity contribution >= 4 is 17.7 Å². The summed E-state index contributed by atoms with van der Waals surface area (Å²) in [4.78, 5) is 26.0. The maximum Gasteiger partial charge on any atom is 0.337 e. The van der Waals surface area contributed by atoms with Crippen molar-refractivity contribution in [3.63, 3.8) is 0 Å². The number of amides is 2. The molecule has 2 amide bonds. The van der Waals surface area contributed by atoms with Crippen LogP contribution in [0.2, 0.25) is 0 Å². The first-order chi connectivity index (χ1) is 12.6. The van der Waals surface area contributed by atoms with Crippen molar-refractivity contribution in [2.45, 2.75) is 18.9 Å². The lowest BCUT2D eigenvalue weighted by Crippen LogP contribution is -2.34. The van der Waals surface area contributed by atoms with Crippen LogP contribution in [-0.4, -0.2) is 37.7 Å². The molecule has 6 heteroatoms. The summed E-state index contributed by atoms with van der Waals surface area (Å²) < 4.78 is 9.87. The van der Waals surface area contributed by atoms with Crippen LogP contribution in [0.1, 0.15) is 34.8 Å². The molecule has 1 saturated heterocycles. The van der Waals surface area contributed by atoms with Crippen LogP contribution in [0, 0.1) is 0 Å². The standard InChI is InChI=1S/C20H22N2O4/c1-25-17-11-7-14(8-12-17)18-4-3-13-22(18)20(24)21-16-9-5-15(6-10-16)19(23)26-2/h5-12,18H,3-4,13H2,1-2H3,(H,21,24). The van der Waals surface area contributed by atoms with Crippen LogP contribution in [0.4, 0.5) is 10.5 Å². The van der Waals surface area contributed by atoms with Crippen LogP contribution in [0.5, 0.6) is 5.75 Å². The van der Waals surface area contributed by atoms with Crippen molar-refractivity contribution in [3.05, 3.63) is 59.7 Å². The number of urea groups is 1. The van der Waals surface area contributed by atoms with E-state index in [0.29, 0.717) is 17.8 Å². The van der Waals surface area contributed by atoms with Gasteiger partial charge in [0.05, 0.1) is 25.8 Å². The topological polar surface area (TPSA) is 67.9 Å². The molecule has 1 aliphatic rings. The first kappa shape index (κ1) is 17.8.